The van der Waals surface area contributed by atoms with E-state index in [0.717, 1.165) is 22.9 Å². The van der Waals surface area contributed by atoms with Crippen molar-refractivity contribution in [3.05, 3.63) is 52.4 Å². The summed E-state index contributed by atoms with van der Waals surface area (Å²) in [4.78, 5) is 27.8. The molecule has 5 nitrogen and oxygen atoms in total. The van der Waals surface area contributed by atoms with Gasteiger partial charge in [-0.1, -0.05) is 18.2 Å². The van der Waals surface area contributed by atoms with E-state index in [1.165, 1.54) is 0 Å². The Morgan fingerprint density at radius 2 is 2.00 bits per heavy atom. The molecule has 112 valence electrons. The molecule has 0 saturated carbocycles. The van der Waals surface area contributed by atoms with E-state index in [4.69, 9.17) is 4.74 Å². The number of benzene rings is 1. The maximum absolute atomic E-state index is 12.6. The van der Waals surface area contributed by atoms with Gasteiger partial charge in [0.25, 0.3) is 5.56 Å². The van der Waals surface area contributed by atoms with Crippen molar-refractivity contribution in [1.82, 2.24) is 9.55 Å². The number of aldehydes is 1. The van der Waals surface area contributed by atoms with E-state index in [1.54, 1.807) is 23.8 Å². The van der Waals surface area contributed by atoms with Crippen molar-refractivity contribution in [3.8, 4) is 0 Å². The largest absolute Gasteiger partial charge is 0.364 e. The van der Waals surface area contributed by atoms with Gasteiger partial charge in [-0.05, 0) is 24.6 Å². The average molecular weight is 296 g/mol. The number of carbonyl (C=O) groups excluding carboxylic acids is 1. The highest BCUT2D eigenvalue weighted by Gasteiger charge is 2.12. The zero-order valence-electron chi connectivity index (χ0n) is 12.3. The Hall–Kier alpha value is -2.53. The topological polar surface area (TPSA) is 61.2 Å². The average Bonchev–Trinajstić information content (AvgIpc) is 2.56. The molecular weight excluding hydrogens is 280 g/mol. The number of carbonyl (C=O) groups is 1. The summed E-state index contributed by atoms with van der Waals surface area (Å²) >= 11 is 0. The summed E-state index contributed by atoms with van der Waals surface area (Å²) in [7, 11) is 1.56. The number of methoxy groups -OCH3 is 1. The third-order valence-corrected chi connectivity index (χ3v) is 3.65. The highest BCUT2D eigenvalue weighted by atomic mass is 16.5. The van der Waals surface area contributed by atoms with Gasteiger partial charge in [-0.25, -0.2) is 0 Å². The molecule has 0 spiro atoms. The van der Waals surface area contributed by atoms with E-state index in [9.17, 15) is 9.59 Å². The van der Waals surface area contributed by atoms with Gasteiger partial charge in [0.2, 0.25) is 0 Å². The highest BCUT2D eigenvalue weighted by molar-refractivity contribution is 6.03. The van der Waals surface area contributed by atoms with Crippen molar-refractivity contribution in [2.24, 2.45) is 0 Å². The lowest BCUT2D eigenvalue weighted by molar-refractivity contribution is -0.107. The van der Waals surface area contributed by atoms with Crippen molar-refractivity contribution in [3.63, 3.8) is 0 Å². The summed E-state index contributed by atoms with van der Waals surface area (Å²) in [6, 6.07) is 11.2. The molecule has 0 unspecified atom stereocenters. The van der Waals surface area contributed by atoms with Crippen LogP contribution in [0.1, 0.15) is 12.1 Å². The minimum Gasteiger partial charge on any atom is -0.364 e. The number of hydrogen-bond acceptors (Lipinski definition) is 4. The van der Waals surface area contributed by atoms with Gasteiger partial charge in [0.15, 0.2) is 0 Å². The number of para-hydroxylation sites is 1. The summed E-state index contributed by atoms with van der Waals surface area (Å²) in [6.07, 6.45) is 1.88. The molecule has 0 fully saturated rings. The van der Waals surface area contributed by atoms with Crippen LogP contribution in [0.4, 0.5) is 0 Å². The van der Waals surface area contributed by atoms with Gasteiger partial charge in [-0.15, -0.1) is 0 Å². The van der Waals surface area contributed by atoms with E-state index >= 15 is 0 Å². The maximum atomic E-state index is 12.6. The van der Waals surface area contributed by atoms with E-state index < -0.39 is 0 Å². The van der Waals surface area contributed by atoms with Gasteiger partial charge >= 0.3 is 0 Å². The highest BCUT2D eigenvalue weighted by Crippen LogP contribution is 2.21. The first-order valence-electron chi connectivity index (χ1n) is 7.10. The second-order valence-corrected chi connectivity index (χ2v) is 5.07. The number of nitrogens with zero attached hydrogens (tertiary/aromatic N) is 2. The first-order chi connectivity index (χ1) is 10.8. The van der Waals surface area contributed by atoms with Crippen LogP contribution in [0.5, 0.6) is 0 Å². The third-order valence-electron chi connectivity index (χ3n) is 3.65. The number of pyridine rings is 2. The molecule has 0 N–H and O–H groups in total. The van der Waals surface area contributed by atoms with Crippen LogP contribution in [-0.4, -0.2) is 22.9 Å². The molecule has 0 bridgehead atoms. The standard InChI is InChI=1S/C17H16N2O3/c1-22-11-19-15-7-3-2-6-13(15)16-14(17(19)21)9-8-12(18-16)5-4-10-20/h2-3,6-10H,4-5,11H2,1H3. The summed E-state index contributed by atoms with van der Waals surface area (Å²) in [5.41, 5.74) is 2.16. The van der Waals surface area contributed by atoms with Crippen molar-refractivity contribution in [1.29, 1.82) is 0 Å². The van der Waals surface area contributed by atoms with Crippen molar-refractivity contribution in [2.75, 3.05) is 7.11 Å². The molecule has 1 aromatic carbocycles. The second-order valence-electron chi connectivity index (χ2n) is 5.07. The molecule has 2 heterocycles. The van der Waals surface area contributed by atoms with Crippen LogP contribution >= 0.6 is 0 Å². The summed E-state index contributed by atoms with van der Waals surface area (Å²) in [5, 5.41) is 1.47. The number of ether oxygens (including phenoxy) is 1. The number of fused-ring (bicyclic) bond motifs is 3. The predicted octanol–water partition coefficient (Wildman–Crippen LogP) is 2.29. The van der Waals surface area contributed by atoms with Gasteiger partial charge in [0.05, 0.1) is 16.4 Å². The Balaban J connectivity index is 2.34. The molecule has 2 aromatic heterocycles. The molecule has 0 atom stereocenters. The van der Waals surface area contributed by atoms with Gasteiger partial charge < -0.3 is 9.53 Å². The predicted molar refractivity (Wildman–Crippen MR) is 84.9 cm³/mol. The normalized spacial score (nSPS) is 11.1. The van der Waals surface area contributed by atoms with E-state index in [1.807, 2.05) is 24.3 Å². The minimum atomic E-state index is -0.120. The molecule has 0 aliphatic heterocycles. The smallest absolute Gasteiger partial charge is 0.262 e. The Kier molecular flexibility index (Phi) is 3.98. The van der Waals surface area contributed by atoms with Crippen LogP contribution in [0, 0.1) is 0 Å². The Morgan fingerprint density at radius 3 is 2.77 bits per heavy atom. The van der Waals surface area contributed by atoms with Crippen LogP contribution in [0.25, 0.3) is 21.8 Å². The molecule has 0 radical (unpaired) electrons. The maximum Gasteiger partial charge on any atom is 0.262 e. The van der Waals surface area contributed by atoms with Crippen LogP contribution in [0.2, 0.25) is 0 Å². The van der Waals surface area contributed by atoms with Gasteiger partial charge in [-0.2, -0.15) is 0 Å². The Labute approximate surface area is 127 Å². The van der Waals surface area contributed by atoms with Gasteiger partial charge in [0.1, 0.15) is 13.0 Å². The molecule has 22 heavy (non-hydrogen) atoms. The van der Waals surface area contributed by atoms with Crippen molar-refractivity contribution < 1.29 is 9.53 Å². The third kappa shape index (κ3) is 2.40. The van der Waals surface area contributed by atoms with Crippen LogP contribution in [0.3, 0.4) is 0 Å². The van der Waals surface area contributed by atoms with Crippen LogP contribution in [-0.2, 0) is 22.7 Å². The van der Waals surface area contributed by atoms with Crippen LogP contribution in [0.15, 0.2) is 41.2 Å². The minimum absolute atomic E-state index is 0.120. The number of rotatable bonds is 5. The summed E-state index contributed by atoms with van der Waals surface area (Å²) in [6.45, 7) is 0.197. The zero-order chi connectivity index (χ0) is 15.5. The summed E-state index contributed by atoms with van der Waals surface area (Å²) in [5.74, 6) is 0. The first-order valence-corrected chi connectivity index (χ1v) is 7.10. The van der Waals surface area contributed by atoms with Gasteiger partial charge in [-0.3, -0.25) is 14.3 Å². The van der Waals surface area contributed by atoms with Crippen LogP contribution < -0.4 is 5.56 Å². The molecule has 0 saturated heterocycles. The number of hydrogen-bond donors (Lipinski definition) is 0. The van der Waals surface area contributed by atoms with E-state index in [-0.39, 0.29) is 12.3 Å². The second kappa shape index (κ2) is 6.07. The SMILES string of the molecule is COCn1c(=O)c2ccc(CCC=O)nc2c2ccccc21. The fourth-order valence-electron chi connectivity index (χ4n) is 2.64. The lowest BCUT2D eigenvalue weighted by atomic mass is 10.1. The molecule has 3 aromatic rings. The zero-order valence-corrected chi connectivity index (χ0v) is 12.3. The number of aryl methyl sites for hydroxylation is 1. The van der Waals surface area contributed by atoms with Crippen molar-refractivity contribution >= 4 is 28.1 Å². The number of aromatic nitrogens is 2. The Morgan fingerprint density at radius 1 is 1.18 bits per heavy atom. The molecule has 3 rings (SSSR count). The quantitative estimate of drug-likeness (QED) is 0.535. The van der Waals surface area contributed by atoms with E-state index in [2.05, 4.69) is 4.98 Å². The molecule has 0 aliphatic rings. The molecule has 5 heteroatoms. The fourth-order valence-corrected chi connectivity index (χ4v) is 2.64. The fraction of sp³-hybridized carbons (Fsp3) is 0.235. The first kappa shape index (κ1) is 14.4. The molecule has 0 amide bonds. The van der Waals surface area contributed by atoms with E-state index in [0.29, 0.717) is 23.7 Å². The molecule has 0 aliphatic carbocycles. The summed E-state index contributed by atoms with van der Waals surface area (Å²) < 4.78 is 6.75. The lowest BCUT2D eigenvalue weighted by Crippen LogP contribution is -2.22. The van der Waals surface area contributed by atoms with Crippen molar-refractivity contribution in [2.45, 2.75) is 19.6 Å². The lowest BCUT2D eigenvalue weighted by Gasteiger charge is -2.12. The molecular formula is C17H16N2O3. The Bertz CT molecular complexity index is 899. The monoisotopic (exact) mass is 296 g/mol. The van der Waals surface area contributed by atoms with Gasteiger partial charge in [0, 0.05) is 24.6 Å².